The standard InChI is InChI=1S/C17H11F2N3OS/c18-13-3-2-11(16(19)12(13)9-23)10-1-4-15-21-14(8-22(15)7-10)17-20-5-6-24-17/h1-8,23H,9H2. The van der Waals surface area contributed by atoms with Crippen LogP contribution >= 0.6 is 11.3 Å². The molecule has 1 N–H and O–H groups in total. The molecule has 4 rings (SSSR count). The maximum atomic E-state index is 14.4. The first-order chi connectivity index (χ1) is 11.7. The van der Waals surface area contributed by atoms with Crippen molar-refractivity contribution < 1.29 is 13.9 Å². The Hall–Kier alpha value is -2.64. The van der Waals surface area contributed by atoms with Gasteiger partial charge in [0, 0.05) is 40.7 Å². The number of fused-ring (bicyclic) bond motifs is 1. The van der Waals surface area contributed by atoms with Crippen LogP contribution in [0, 0.1) is 11.6 Å². The second-order valence-corrected chi connectivity index (χ2v) is 6.09. The van der Waals surface area contributed by atoms with Crippen LogP contribution in [0.25, 0.3) is 27.5 Å². The van der Waals surface area contributed by atoms with Gasteiger partial charge in [0.05, 0.1) is 6.61 Å². The van der Waals surface area contributed by atoms with Crippen molar-refractivity contribution in [3.63, 3.8) is 0 Å². The Kier molecular flexibility index (Phi) is 3.59. The molecular formula is C17H11F2N3OS. The largest absolute Gasteiger partial charge is 0.391 e. The maximum Gasteiger partial charge on any atom is 0.143 e. The third-order valence-corrected chi connectivity index (χ3v) is 4.55. The first-order valence-corrected chi connectivity index (χ1v) is 8.02. The number of thiazole rings is 1. The average Bonchev–Trinajstić information content (AvgIpc) is 3.24. The van der Waals surface area contributed by atoms with Crippen LogP contribution in [0.3, 0.4) is 0 Å². The monoisotopic (exact) mass is 343 g/mol. The first kappa shape index (κ1) is 14.9. The Bertz CT molecular complexity index is 1030. The zero-order chi connectivity index (χ0) is 16.7. The first-order valence-electron chi connectivity index (χ1n) is 7.14. The Labute approximate surface area is 139 Å². The third-order valence-electron chi connectivity index (χ3n) is 3.76. The molecule has 7 heteroatoms. The van der Waals surface area contributed by atoms with Crippen LogP contribution in [0.2, 0.25) is 0 Å². The van der Waals surface area contributed by atoms with Gasteiger partial charge in [-0.05, 0) is 24.3 Å². The molecule has 0 saturated heterocycles. The number of halogens is 2. The van der Waals surface area contributed by atoms with Crippen molar-refractivity contribution in [3.8, 4) is 21.8 Å². The fraction of sp³-hybridized carbons (Fsp3) is 0.0588. The Morgan fingerprint density at radius 1 is 1.12 bits per heavy atom. The smallest absolute Gasteiger partial charge is 0.143 e. The Morgan fingerprint density at radius 3 is 2.75 bits per heavy atom. The van der Waals surface area contributed by atoms with Crippen molar-refractivity contribution >= 4 is 17.0 Å². The van der Waals surface area contributed by atoms with E-state index in [1.807, 2.05) is 11.6 Å². The van der Waals surface area contributed by atoms with E-state index in [9.17, 15) is 8.78 Å². The van der Waals surface area contributed by atoms with Crippen molar-refractivity contribution in [1.82, 2.24) is 14.4 Å². The fourth-order valence-electron chi connectivity index (χ4n) is 2.57. The van der Waals surface area contributed by atoms with Crippen molar-refractivity contribution in [3.05, 3.63) is 65.4 Å². The van der Waals surface area contributed by atoms with Crippen molar-refractivity contribution in [2.45, 2.75) is 6.61 Å². The highest BCUT2D eigenvalue weighted by molar-refractivity contribution is 7.13. The summed E-state index contributed by atoms with van der Waals surface area (Å²) in [6.07, 6.45) is 5.24. The second-order valence-electron chi connectivity index (χ2n) is 5.19. The highest BCUT2D eigenvalue weighted by Crippen LogP contribution is 2.28. The molecule has 0 aliphatic carbocycles. The molecule has 0 fully saturated rings. The quantitative estimate of drug-likeness (QED) is 0.614. The summed E-state index contributed by atoms with van der Waals surface area (Å²) in [4.78, 5) is 8.70. The van der Waals surface area contributed by atoms with Crippen LogP contribution in [0.15, 0.2) is 48.2 Å². The van der Waals surface area contributed by atoms with Crippen LogP contribution in [0.5, 0.6) is 0 Å². The molecule has 24 heavy (non-hydrogen) atoms. The van der Waals surface area contributed by atoms with Gasteiger partial charge < -0.3 is 9.51 Å². The number of rotatable bonds is 3. The minimum Gasteiger partial charge on any atom is -0.391 e. The lowest BCUT2D eigenvalue weighted by atomic mass is 10.0. The van der Waals surface area contributed by atoms with Crippen LogP contribution in [-0.2, 0) is 6.61 Å². The predicted octanol–water partition coefficient (Wildman–Crippen LogP) is 3.90. The van der Waals surface area contributed by atoms with Gasteiger partial charge in [0.1, 0.15) is 28.0 Å². The van der Waals surface area contributed by atoms with Gasteiger partial charge in [-0.1, -0.05) is 0 Å². The molecular weight excluding hydrogens is 332 g/mol. The molecule has 4 aromatic rings. The summed E-state index contributed by atoms with van der Waals surface area (Å²) < 4.78 is 29.7. The van der Waals surface area contributed by atoms with Gasteiger partial charge in [-0.25, -0.2) is 18.7 Å². The number of benzene rings is 1. The van der Waals surface area contributed by atoms with E-state index in [4.69, 9.17) is 5.11 Å². The number of aliphatic hydroxyl groups is 1. The molecule has 120 valence electrons. The zero-order valence-electron chi connectivity index (χ0n) is 12.3. The van der Waals surface area contributed by atoms with E-state index in [0.29, 0.717) is 11.2 Å². The second kappa shape index (κ2) is 5.77. The van der Waals surface area contributed by atoms with E-state index in [1.54, 1.807) is 28.9 Å². The molecule has 0 aliphatic heterocycles. The lowest BCUT2D eigenvalue weighted by Crippen LogP contribution is -1.98. The summed E-state index contributed by atoms with van der Waals surface area (Å²) in [6, 6.07) is 5.99. The number of pyridine rings is 1. The summed E-state index contributed by atoms with van der Waals surface area (Å²) in [5.41, 5.74) is 1.90. The van der Waals surface area contributed by atoms with Gasteiger partial charge in [0.2, 0.25) is 0 Å². The predicted molar refractivity (Wildman–Crippen MR) is 87.6 cm³/mol. The molecule has 0 unspecified atom stereocenters. The fourth-order valence-corrected chi connectivity index (χ4v) is 3.16. The van der Waals surface area contributed by atoms with E-state index < -0.39 is 18.2 Å². The molecule has 3 aromatic heterocycles. The highest BCUT2D eigenvalue weighted by Gasteiger charge is 2.15. The van der Waals surface area contributed by atoms with Crippen molar-refractivity contribution in [1.29, 1.82) is 0 Å². The van der Waals surface area contributed by atoms with Crippen molar-refractivity contribution in [2.75, 3.05) is 0 Å². The summed E-state index contributed by atoms with van der Waals surface area (Å²) in [6.45, 7) is -0.687. The van der Waals surface area contributed by atoms with Gasteiger partial charge in [0.25, 0.3) is 0 Å². The van der Waals surface area contributed by atoms with Crippen LogP contribution < -0.4 is 0 Å². The zero-order valence-corrected chi connectivity index (χ0v) is 13.1. The molecule has 4 nitrogen and oxygen atoms in total. The molecule has 0 radical (unpaired) electrons. The molecule has 1 aromatic carbocycles. The number of hydrogen-bond donors (Lipinski definition) is 1. The Balaban J connectivity index is 1.84. The highest BCUT2D eigenvalue weighted by atomic mass is 32.1. The molecule has 0 spiro atoms. The topological polar surface area (TPSA) is 50.4 Å². The molecule has 0 atom stereocenters. The van der Waals surface area contributed by atoms with Crippen LogP contribution in [-0.4, -0.2) is 19.5 Å². The van der Waals surface area contributed by atoms with Crippen LogP contribution in [0.4, 0.5) is 8.78 Å². The number of aliphatic hydroxyl groups excluding tert-OH is 1. The minimum atomic E-state index is -0.756. The van der Waals surface area contributed by atoms with E-state index in [0.717, 1.165) is 16.8 Å². The molecule has 0 aliphatic rings. The Morgan fingerprint density at radius 2 is 2.00 bits per heavy atom. The number of aromatic nitrogens is 3. The lowest BCUT2D eigenvalue weighted by molar-refractivity contribution is 0.269. The number of imidazole rings is 1. The van der Waals surface area contributed by atoms with Gasteiger partial charge >= 0.3 is 0 Å². The molecule has 0 bridgehead atoms. The van der Waals surface area contributed by atoms with Gasteiger partial charge in [-0.15, -0.1) is 11.3 Å². The summed E-state index contributed by atoms with van der Waals surface area (Å²) >= 11 is 1.48. The van der Waals surface area contributed by atoms with Crippen molar-refractivity contribution in [2.24, 2.45) is 0 Å². The normalized spacial score (nSPS) is 11.3. The minimum absolute atomic E-state index is 0.229. The van der Waals surface area contributed by atoms with Gasteiger partial charge in [0.15, 0.2) is 0 Å². The molecule has 3 heterocycles. The van der Waals surface area contributed by atoms with Crippen LogP contribution in [0.1, 0.15) is 5.56 Å². The van der Waals surface area contributed by atoms with E-state index >= 15 is 0 Å². The average molecular weight is 343 g/mol. The van der Waals surface area contributed by atoms with Gasteiger partial charge in [-0.3, -0.25) is 0 Å². The summed E-state index contributed by atoms with van der Waals surface area (Å²) in [7, 11) is 0. The summed E-state index contributed by atoms with van der Waals surface area (Å²) in [5.74, 6) is -1.51. The SMILES string of the molecule is OCc1c(F)ccc(-c2ccc3nc(-c4nccs4)cn3c2)c1F. The number of nitrogens with zero attached hydrogens (tertiary/aromatic N) is 3. The maximum absolute atomic E-state index is 14.4. The van der Waals surface area contributed by atoms with Gasteiger partial charge in [-0.2, -0.15) is 0 Å². The summed E-state index contributed by atoms with van der Waals surface area (Å²) in [5, 5.41) is 11.8. The van der Waals surface area contributed by atoms with E-state index in [1.165, 1.54) is 17.4 Å². The lowest BCUT2D eigenvalue weighted by Gasteiger charge is -2.08. The molecule has 0 amide bonds. The number of hydrogen-bond acceptors (Lipinski definition) is 4. The van der Waals surface area contributed by atoms with E-state index in [2.05, 4.69) is 9.97 Å². The van der Waals surface area contributed by atoms with E-state index in [-0.39, 0.29) is 11.1 Å². The third kappa shape index (κ3) is 2.38. The molecule has 0 saturated carbocycles.